The van der Waals surface area contributed by atoms with E-state index in [1.807, 2.05) is 12.3 Å². The molecule has 0 amide bonds. The van der Waals surface area contributed by atoms with Crippen molar-refractivity contribution in [2.24, 2.45) is 5.92 Å². The van der Waals surface area contributed by atoms with Gasteiger partial charge in [-0.3, -0.25) is 0 Å². The van der Waals surface area contributed by atoms with Gasteiger partial charge in [0, 0.05) is 16.8 Å². The van der Waals surface area contributed by atoms with E-state index in [9.17, 15) is 0 Å². The summed E-state index contributed by atoms with van der Waals surface area (Å²) >= 11 is 0. The van der Waals surface area contributed by atoms with Crippen LogP contribution in [0.25, 0.3) is 10.8 Å². The highest BCUT2D eigenvalue weighted by Crippen LogP contribution is 2.30. The quantitative estimate of drug-likeness (QED) is 0.900. The minimum Gasteiger partial charge on any atom is -0.365 e. The molecule has 3 rings (SSSR count). The van der Waals surface area contributed by atoms with E-state index in [1.54, 1.807) is 0 Å². The number of nitrogens with zero attached hydrogens (tertiary/aromatic N) is 2. The average molecular weight is 255 g/mol. The summed E-state index contributed by atoms with van der Waals surface area (Å²) in [5, 5.41) is 14.4. The summed E-state index contributed by atoms with van der Waals surface area (Å²) in [5.41, 5.74) is 0. The van der Waals surface area contributed by atoms with Gasteiger partial charge in [-0.1, -0.05) is 50.5 Å². The molecule has 2 unspecified atom stereocenters. The number of hydrogen-bond donors (Lipinski definition) is 1. The second-order valence-electron chi connectivity index (χ2n) is 5.48. The number of aromatic nitrogens is 2. The van der Waals surface area contributed by atoms with Gasteiger partial charge in [0.2, 0.25) is 0 Å². The number of fused-ring (bicyclic) bond motifs is 1. The fraction of sp³-hybridized carbons (Fsp3) is 0.500. The Labute approximate surface area is 114 Å². The highest BCUT2D eigenvalue weighted by atomic mass is 15.2. The summed E-state index contributed by atoms with van der Waals surface area (Å²) in [6.45, 7) is 2.29. The van der Waals surface area contributed by atoms with Gasteiger partial charge < -0.3 is 5.32 Å². The topological polar surface area (TPSA) is 37.8 Å². The molecule has 0 radical (unpaired) electrons. The van der Waals surface area contributed by atoms with E-state index >= 15 is 0 Å². The van der Waals surface area contributed by atoms with Gasteiger partial charge in [-0.15, -0.1) is 5.10 Å². The minimum atomic E-state index is 0.554. The molecule has 1 aliphatic carbocycles. The lowest BCUT2D eigenvalue weighted by molar-refractivity contribution is 0.317. The third kappa shape index (κ3) is 2.55. The number of anilines is 1. The SMILES string of the molecule is CCC1CCCCC1Nc1nncc2ccccc12. The molecule has 1 heterocycles. The van der Waals surface area contributed by atoms with Crippen molar-refractivity contribution in [2.75, 3.05) is 5.32 Å². The smallest absolute Gasteiger partial charge is 0.156 e. The van der Waals surface area contributed by atoms with Gasteiger partial charge in [0.1, 0.15) is 0 Å². The summed E-state index contributed by atoms with van der Waals surface area (Å²) in [7, 11) is 0. The summed E-state index contributed by atoms with van der Waals surface area (Å²) < 4.78 is 0. The van der Waals surface area contributed by atoms with E-state index in [0.29, 0.717) is 6.04 Å². The highest BCUT2D eigenvalue weighted by molar-refractivity contribution is 5.90. The Morgan fingerprint density at radius 1 is 1.21 bits per heavy atom. The molecule has 1 aromatic heterocycles. The second kappa shape index (κ2) is 5.55. The number of rotatable bonds is 3. The molecule has 3 nitrogen and oxygen atoms in total. The summed E-state index contributed by atoms with van der Waals surface area (Å²) in [6, 6.07) is 8.87. The first-order chi connectivity index (χ1) is 9.38. The molecule has 1 aliphatic rings. The van der Waals surface area contributed by atoms with Gasteiger partial charge in [0.25, 0.3) is 0 Å². The van der Waals surface area contributed by atoms with Crippen LogP contribution < -0.4 is 5.32 Å². The van der Waals surface area contributed by atoms with Crippen molar-refractivity contribution >= 4 is 16.6 Å². The predicted octanol–water partition coefficient (Wildman–Crippen LogP) is 4.01. The van der Waals surface area contributed by atoms with Crippen molar-refractivity contribution in [1.29, 1.82) is 0 Å². The lowest BCUT2D eigenvalue weighted by atomic mass is 9.83. The van der Waals surface area contributed by atoms with E-state index in [4.69, 9.17) is 0 Å². The van der Waals surface area contributed by atoms with Gasteiger partial charge in [-0.2, -0.15) is 5.10 Å². The largest absolute Gasteiger partial charge is 0.365 e. The first kappa shape index (κ1) is 12.4. The molecule has 2 aromatic rings. The molecule has 19 heavy (non-hydrogen) atoms. The maximum absolute atomic E-state index is 4.31. The Hall–Kier alpha value is -1.64. The van der Waals surface area contributed by atoms with Crippen molar-refractivity contribution in [1.82, 2.24) is 10.2 Å². The van der Waals surface area contributed by atoms with Crippen LogP contribution in [0, 0.1) is 5.92 Å². The predicted molar refractivity (Wildman–Crippen MR) is 79.2 cm³/mol. The van der Waals surface area contributed by atoms with E-state index in [1.165, 1.54) is 37.5 Å². The maximum atomic E-state index is 4.31. The van der Waals surface area contributed by atoms with Crippen LogP contribution in [0.15, 0.2) is 30.5 Å². The maximum Gasteiger partial charge on any atom is 0.156 e. The fourth-order valence-electron chi connectivity index (χ4n) is 3.20. The number of hydrogen-bond acceptors (Lipinski definition) is 3. The number of benzene rings is 1. The molecule has 0 bridgehead atoms. The van der Waals surface area contributed by atoms with Gasteiger partial charge in [0.05, 0.1) is 6.20 Å². The van der Waals surface area contributed by atoms with Crippen molar-refractivity contribution in [3.63, 3.8) is 0 Å². The zero-order valence-electron chi connectivity index (χ0n) is 11.5. The van der Waals surface area contributed by atoms with Crippen LogP contribution in [-0.4, -0.2) is 16.2 Å². The van der Waals surface area contributed by atoms with Crippen LogP contribution in [0.2, 0.25) is 0 Å². The van der Waals surface area contributed by atoms with Crippen molar-refractivity contribution in [3.05, 3.63) is 30.5 Å². The molecule has 0 saturated heterocycles. The zero-order chi connectivity index (χ0) is 13.1. The summed E-state index contributed by atoms with van der Waals surface area (Å²) in [4.78, 5) is 0. The normalized spacial score (nSPS) is 23.4. The van der Waals surface area contributed by atoms with Crippen LogP contribution in [0.1, 0.15) is 39.0 Å². The fourth-order valence-corrected chi connectivity index (χ4v) is 3.20. The molecule has 1 aromatic carbocycles. The van der Waals surface area contributed by atoms with Crippen molar-refractivity contribution in [2.45, 2.75) is 45.1 Å². The molecule has 0 aliphatic heterocycles. The molecular weight excluding hydrogens is 234 g/mol. The first-order valence-corrected chi connectivity index (χ1v) is 7.35. The third-order valence-electron chi connectivity index (χ3n) is 4.33. The molecular formula is C16H21N3. The van der Waals surface area contributed by atoms with Crippen LogP contribution in [0.4, 0.5) is 5.82 Å². The Kier molecular flexibility index (Phi) is 3.62. The molecule has 1 N–H and O–H groups in total. The average Bonchev–Trinajstić information content (AvgIpc) is 2.48. The van der Waals surface area contributed by atoms with Gasteiger partial charge in [-0.05, 0) is 18.8 Å². The zero-order valence-corrected chi connectivity index (χ0v) is 11.5. The second-order valence-corrected chi connectivity index (χ2v) is 5.48. The Morgan fingerprint density at radius 2 is 2.05 bits per heavy atom. The Balaban J connectivity index is 1.88. The standard InChI is InChI=1S/C16H21N3/c1-2-12-7-4-6-10-15(12)18-16-14-9-5-3-8-13(14)11-17-19-16/h3,5,8-9,11-12,15H,2,4,6-7,10H2,1H3,(H,18,19). The first-order valence-electron chi connectivity index (χ1n) is 7.35. The Morgan fingerprint density at radius 3 is 2.95 bits per heavy atom. The molecule has 1 saturated carbocycles. The highest BCUT2D eigenvalue weighted by Gasteiger charge is 2.24. The van der Waals surface area contributed by atoms with Crippen LogP contribution in [0.5, 0.6) is 0 Å². The lowest BCUT2D eigenvalue weighted by Gasteiger charge is -2.32. The monoisotopic (exact) mass is 255 g/mol. The van der Waals surface area contributed by atoms with E-state index < -0.39 is 0 Å². The summed E-state index contributed by atoms with van der Waals surface area (Å²) in [6.07, 6.45) is 8.37. The van der Waals surface area contributed by atoms with Crippen LogP contribution in [0.3, 0.4) is 0 Å². The van der Waals surface area contributed by atoms with Crippen molar-refractivity contribution < 1.29 is 0 Å². The van der Waals surface area contributed by atoms with Crippen molar-refractivity contribution in [3.8, 4) is 0 Å². The van der Waals surface area contributed by atoms with E-state index in [0.717, 1.165) is 17.1 Å². The van der Waals surface area contributed by atoms with Crippen LogP contribution >= 0.6 is 0 Å². The van der Waals surface area contributed by atoms with E-state index in [-0.39, 0.29) is 0 Å². The lowest BCUT2D eigenvalue weighted by Crippen LogP contribution is -2.32. The Bertz CT molecular complexity index is 547. The minimum absolute atomic E-state index is 0.554. The molecule has 1 fully saturated rings. The summed E-state index contributed by atoms with van der Waals surface area (Å²) in [5.74, 6) is 1.72. The molecule has 2 atom stereocenters. The molecule has 100 valence electrons. The number of nitrogens with one attached hydrogen (secondary N) is 1. The van der Waals surface area contributed by atoms with Crippen LogP contribution in [-0.2, 0) is 0 Å². The third-order valence-corrected chi connectivity index (χ3v) is 4.33. The van der Waals surface area contributed by atoms with Gasteiger partial charge in [0.15, 0.2) is 5.82 Å². The van der Waals surface area contributed by atoms with E-state index in [2.05, 4.69) is 40.6 Å². The van der Waals surface area contributed by atoms with Gasteiger partial charge in [-0.25, -0.2) is 0 Å². The molecule has 0 spiro atoms. The molecule has 3 heteroatoms. The van der Waals surface area contributed by atoms with Gasteiger partial charge >= 0.3 is 0 Å².